The maximum atomic E-state index is 11.4. The van der Waals surface area contributed by atoms with Crippen LogP contribution in [0.1, 0.15) is 23.2 Å². The van der Waals surface area contributed by atoms with Crippen molar-refractivity contribution in [3.05, 3.63) is 11.5 Å². The molecule has 7 nitrogen and oxygen atoms in total. The summed E-state index contributed by atoms with van der Waals surface area (Å²) in [6.45, 7) is 3.82. The maximum Gasteiger partial charge on any atom is 0.378 e. The molecule has 0 fully saturated rings. The van der Waals surface area contributed by atoms with Gasteiger partial charge in [-0.15, -0.1) is 5.10 Å². The Balaban J connectivity index is 2.30. The number of anilines is 1. The number of aryl methyl sites for hydroxylation is 1. The molecule has 0 spiro atoms. The van der Waals surface area contributed by atoms with Gasteiger partial charge in [0, 0.05) is 0 Å². The summed E-state index contributed by atoms with van der Waals surface area (Å²) in [4.78, 5) is 20.3. The minimum atomic E-state index is -0.551. The molecule has 0 aliphatic heterocycles. The highest BCUT2D eigenvalue weighted by Crippen LogP contribution is 2.28. The van der Waals surface area contributed by atoms with Crippen molar-refractivity contribution in [3.8, 4) is 10.7 Å². The molecule has 3 N–H and O–H groups in total. The highest BCUT2D eigenvalue weighted by Gasteiger charge is 2.17. The van der Waals surface area contributed by atoms with Gasteiger partial charge in [0.05, 0.1) is 17.2 Å². The number of thiazole rings is 1. The first kappa shape index (κ1) is 11.5. The van der Waals surface area contributed by atoms with Crippen LogP contribution in [-0.2, 0) is 4.74 Å². The number of hydrogen-bond donors (Lipinski definition) is 2. The number of rotatable bonds is 3. The summed E-state index contributed by atoms with van der Waals surface area (Å²) in [5.74, 6) is -0.0712. The number of nitrogens with zero attached hydrogens (tertiary/aromatic N) is 3. The number of nitrogens with two attached hydrogens (primary N) is 1. The summed E-state index contributed by atoms with van der Waals surface area (Å²) in [7, 11) is 0. The summed E-state index contributed by atoms with van der Waals surface area (Å²) < 4.78 is 4.79. The molecular formula is C9H11N5O2S. The summed E-state index contributed by atoms with van der Waals surface area (Å²) in [6, 6.07) is 0. The average Bonchev–Trinajstić information content (AvgIpc) is 2.85. The van der Waals surface area contributed by atoms with Crippen molar-refractivity contribution in [2.24, 2.45) is 0 Å². The van der Waals surface area contributed by atoms with E-state index in [2.05, 4.69) is 20.2 Å². The molecule has 0 aromatic carbocycles. The number of ether oxygens (including phenoxy) is 1. The van der Waals surface area contributed by atoms with Crippen LogP contribution in [0.3, 0.4) is 0 Å². The molecule has 0 aliphatic carbocycles. The molecule has 2 aromatic heterocycles. The van der Waals surface area contributed by atoms with Gasteiger partial charge in [-0.2, -0.15) is 0 Å². The summed E-state index contributed by atoms with van der Waals surface area (Å²) in [5, 5.41) is 6.91. The molecule has 90 valence electrons. The van der Waals surface area contributed by atoms with Crippen LogP contribution < -0.4 is 5.73 Å². The first-order valence-corrected chi connectivity index (χ1v) is 5.76. The van der Waals surface area contributed by atoms with Crippen LogP contribution in [0.15, 0.2) is 0 Å². The van der Waals surface area contributed by atoms with Gasteiger partial charge in [0.25, 0.3) is 5.82 Å². The van der Waals surface area contributed by atoms with Gasteiger partial charge in [0.15, 0.2) is 11.0 Å². The highest BCUT2D eigenvalue weighted by molar-refractivity contribution is 7.18. The van der Waals surface area contributed by atoms with Gasteiger partial charge in [-0.05, 0) is 13.8 Å². The van der Waals surface area contributed by atoms with Crippen LogP contribution in [0.2, 0.25) is 0 Å². The molecule has 0 amide bonds. The normalized spacial score (nSPS) is 10.5. The molecule has 2 rings (SSSR count). The lowest BCUT2D eigenvalue weighted by molar-refractivity contribution is 0.0512. The lowest BCUT2D eigenvalue weighted by atomic mass is 10.4. The van der Waals surface area contributed by atoms with Crippen LogP contribution in [-0.4, -0.2) is 32.7 Å². The first-order chi connectivity index (χ1) is 8.11. The van der Waals surface area contributed by atoms with Gasteiger partial charge in [-0.1, -0.05) is 11.3 Å². The number of hydrogen-bond acceptors (Lipinski definition) is 7. The highest BCUT2D eigenvalue weighted by atomic mass is 32.1. The quantitative estimate of drug-likeness (QED) is 0.790. The number of H-pyrrole nitrogens is 1. The molecule has 2 heterocycles. The lowest BCUT2D eigenvalue weighted by Crippen LogP contribution is -2.06. The van der Waals surface area contributed by atoms with Crippen molar-refractivity contribution in [1.29, 1.82) is 0 Å². The first-order valence-electron chi connectivity index (χ1n) is 4.94. The van der Waals surface area contributed by atoms with Crippen LogP contribution >= 0.6 is 11.3 Å². The Kier molecular flexibility index (Phi) is 3.05. The third-order valence-electron chi connectivity index (χ3n) is 1.97. The van der Waals surface area contributed by atoms with E-state index in [0.717, 1.165) is 10.6 Å². The van der Waals surface area contributed by atoms with Gasteiger partial charge >= 0.3 is 5.97 Å². The summed E-state index contributed by atoms with van der Waals surface area (Å²) >= 11 is 1.29. The second kappa shape index (κ2) is 4.50. The molecule has 0 saturated carbocycles. The van der Waals surface area contributed by atoms with E-state index in [4.69, 9.17) is 10.5 Å². The number of aromatic amines is 1. The van der Waals surface area contributed by atoms with E-state index in [9.17, 15) is 4.79 Å². The van der Waals surface area contributed by atoms with Gasteiger partial charge in [0.2, 0.25) is 0 Å². The van der Waals surface area contributed by atoms with Gasteiger partial charge in [0.1, 0.15) is 0 Å². The third-order valence-corrected chi connectivity index (χ3v) is 2.96. The molecule has 0 saturated heterocycles. The zero-order chi connectivity index (χ0) is 12.4. The number of esters is 1. The minimum absolute atomic E-state index is 0.00761. The van der Waals surface area contributed by atoms with E-state index in [-0.39, 0.29) is 12.4 Å². The lowest BCUT2D eigenvalue weighted by Gasteiger charge is -1.94. The molecule has 0 aliphatic rings. The number of aromatic nitrogens is 4. The topological polar surface area (TPSA) is 107 Å². The minimum Gasteiger partial charge on any atom is -0.460 e. The molecule has 17 heavy (non-hydrogen) atoms. The zero-order valence-corrected chi connectivity index (χ0v) is 10.2. The standard InChI is InChI=1S/C9H11N5O2S/c1-3-16-8(15)7-12-6(13-14-7)5-4(2)11-9(10)17-5/h3H2,1-2H3,(H2,10,11)(H,12,13,14). The van der Waals surface area contributed by atoms with E-state index >= 15 is 0 Å². The maximum absolute atomic E-state index is 11.4. The largest absolute Gasteiger partial charge is 0.460 e. The number of carbonyl (C=O) groups is 1. The second-order valence-electron chi connectivity index (χ2n) is 3.19. The average molecular weight is 253 g/mol. The van der Waals surface area contributed by atoms with Gasteiger partial charge in [-0.3, -0.25) is 5.10 Å². The predicted octanol–water partition coefficient (Wildman–Crippen LogP) is 0.996. The van der Waals surface area contributed by atoms with E-state index in [1.165, 1.54) is 11.3 Å². The monoisotopic (exact) mass is 253 g/mol. The molecule has 0 unspecified atom stereocenters. The number of carbonyl (C=O) groups excluding carboxylic acids is 1. The second-order valence-corrected chi connectivity index (χ2v) is 4.23. The molecule has 0 radical (unpaired) electrons. The van der Waals surface area contributed by atoms with Crippen LogP contribution in [0.5, 0.6) is 0 Å². The van der Waals surface area contributed by atoms with E-state index < -0.39 is 5.97 Å². The van der Waals surface area contributed by atoms with Crippen LogP contribution in [0, 0.1) is 6.92 Å². The van der Waals surface area contributed by atoms with E-state index in [1.807, 2.05) is 6.92 Å². The summed E-state index contributed by atoms with van der Waals surface area (Å²) in [5.41, 5.74) is 6.33. The van der Waals surface area contributed by atoms with Crippen molar-refractivity contribution in [2.45, 2.75) is 13.8 Å². The Morgan fingerprint density at radius 3 is 2.88 bits per heavy atom. The Bertz CT molecular complexity index is 547. The Morgan fingerprint density at radius 2 is 2.29 bits per heavy atom. The van der Waals surface area contributed by atoms with Crippen molar-refractivity contribution in [3.63, 3.8) is 0 Å². The van der Waals surface area contributed by atoms with E-state index in [1.54, 1.807) is 6.92 Å². The molecule has 8 heteroatoms. The molecule has 0 atom stereocenters. The van der Waals surface area contributed by atoms with Gasteiger partial charge < -0.3 is 10.5 Å². The number of nitrogen functional groups attached to an aromatic ring is 1. The van der Waals surface area contributed by atoms with Gasteiger partial charge in [-0.25, -0.2) is 14.8 Å². The van der Waals surface area contributed by atoms with Crippen LogP contribution in [0.25, 0.3) is 10.7 Å². The van der Waals surface area contributed by atoms with Crippen molar-refractivity contribution in [2.75, 3.05) is 12.3 Å². The Hall–Kier alpha value is -1.96. The predicted molar refractivity (Wildman–Crippen MR) is 62.6 cm³/mol. The summed E-state index contributed by atoms with van der Waals surface area (Å²) in [6.07, 6.45) is 0. The number of nitrogens with one attached hydrogen (secondary N) is 1. The Labute approximate surface area is 101 Å². The fourth-order valence-corrected chi connectivity index (χ4v) is 2.06. The SMILES string of the molecule is CCOC(=O)c1n[nH]c(-c2sc(N)nc2C)n1. The van der Waals surface area contributed by atoms with Crippen molar-refractivity contribution < 1.29 is 9.53 Å². The van der Waals surface area contributed by atoms with Crippen LogP contribution in [0.4, 0.5) is 5.13 Å². The fraction of sp³-hybridized carbons (Fsp3) is 0.333. The van der Waals surface area contributed by atoms with Crippen molar-refractivity contribution >= 4 is 22.4 Å². The third kappa shape index (κ3) is 2.26. The smallest absolute Gasteiger partial charge is 0.378 e. The van der Waals surface area contributed by atoms with E-state index in [0.29, 0.717) is 11.0 Å². The Morgan fingerprint density at radius 1 is 1.53 bits per heavy atom. The molecular weight excluding hydrogens is 242 g/mol. The molecule has 0 bridgehead atoms. The van der Waals surface area contributed by atoms with Crippen molar-refractivity contribution in [1.82, 2.24) is 20.2 Å². The fourth-order valence-electron chi connectivity index (χ4n) is 1.29. The zero-order valence-electron chi connectivity index (χ0n) is 9.35. The molecule has 2 aromatic rings.